The Labute approximate surface area is 139 Å². The number of aromatic hydroxyl groups is 1. The Hall–Kier alpha value is -2.67. The molecular weight excluding hydrogens is 311 g/mol. The lowest BCUT2D eigenvalue weighted by Crippen LogP contribution is -2.46. The van der Waals surface area contributed by atoms with Crippen LogP contribution >= 0.6 is 0 Å². The quantitative estimate of drug-likeness (QED) is 0.510. The normalized spacial score (nSPS) is 16.0. The molecule has 126 valence electrons. The fraction of sp³-hybridized carbons (Fsp3) is 0.294. The van der Waals surface area contributed by atoms with Gasteiger partial charge in [-0.1, -0.05) is 5.16 Å². The van der Waals surface area contributed by atoms with E-state index in [0.29, 0.717) is 12.1 Å². The molecule has 0 spiro atoms. The summed E-state index contributed by atoms with van der Waals surface area (Å²) in [7, 11) is 0. The summed E-state index contributed by atoms with van der Waals surface area (Å²) in [6.07, 6.45) is 4.58. The SMILES string of the molecule is O/N=C/c1cc(F)cc(CN2CCN(c3ccncc3)CC2)c1O. The summed E-state index contributed by atoms with van der Waals surface area (Å²) in [5.74, 6) is -0.515. The number of phenols is 1. The molecule has 0 bridgehead atoms. The van der Waals surface area contributed by atoms with E-state index in [4.69, 9.17) is 5.21 Å². The second kappa shape index (κ2) is 7.27. The third kappa shape index (κ3) is 3.62. The van der Waals surface area contributed by atoms with Gasteiger partial charge in [0.25, 0.3) is 0 Å². The number of aromatic nitrogens is 1. The van der Waals surface area contributed by atoms with E-state index in [1.165, 1.54) is 6.07 Å². The Morgan fingerprint density at radius 2 is 1.88 bits per heavy atom. The molecular formula is C17H19FN4O2. The van der Waals surface area contributed by atoms with Crippen molar-refractivity contribution in [1.29, 1.82) is 0 Å². The Kier molecular flexibility index (Phi) is 4.90. The minimum atomic E-state index is -0.465. The summed E-state index contributed by atoms with van der Waals surface area (Å²) in [4.78, 5) is 8.45. The lowest BCUT2D eigenvalue weighted by molar-refractivity contribution is 0.246. The number of rotatable bonds is 4. The topological polar surface area (TPSA) is 72.2 Å². The van der Waals surface area contributed by atoms with Gasteiger partial charge in [-0.15, -0.1) is 0 Å². The lowest BCUT2D eigenvalue weighted by Gasteiger charge is -2.36. The van der Waals surface area contributed by atoms with Crippen molar-refractivity contribution in [3.63, 3.8) is 0 Å². The maximum Gasteiger partial charge on any atom is 0.129 e. The molecule has 6 nitrogen and oxygen atoms in total. The van der Waals surface area contributed by atoms with Crippen molar-refractivity contribution in [3.8, 4) is 5.75 Å². The molecule has 0 saturated carbocycles. The smallest absolute Gasteiger partial charge is 0.129 e. The van der Waals surface area contributed by atoms with Crippen LogP contribution in [-0.2, 0) is 6.54 Å². The van der Waals surface area contributed by atoms with Gasteiger partial charge in [-0.3, -0.25) is 9.88 Å². The highest BCUT2D eigenvalue weighted by Crippen LogP contribution is 2.25. The van der Waals surface area contributed by atoms with Crippen molar-refractivity contribution in [1.82, 2.24) is 9.88 Å². The first-order chi connectivity index (χ1) is 11.7. The summed E-state index contributed by atoms with van der Waals surface area (Å²) in [5.41, 5.74) is 1.80. The van der Waals surface area contributed by atoms with Gasteiger partial charge in [0.2, 0.25) is 0 Å². The van der Waals surface area contributed by atoms with Crippen LogP contribution in [0.25, 0.3) is 0 Å². The van der Waals surface area contributed by atoms with Crippen molar-refractivity contribution in [2.75, 3.05) is 31.1 Å². The zero-order valence-electron chi connectivity index (χ0n) is 13.1. The minimum Gasteiger partial charge on any atom is -0.507 e. The van der Waals surface area contributed by atoms with Gasteiger partial charge >= 0.3 is 0 Å². The molecule has 0 unspecified atom stereocenters. The van der Waals surface area contributed by atoms with Crippen LogP contribution in [0.15, 0.2) is 41.8 Å². The summed E-state index contributed by atoms with van der Waals surface area (Å²) in [6.45, 7) is 3.76. The second-order valence-corrected chi connectivity index (χ2v) is 5.72. The van der Waals surface area contributed by atoms with Crippen LogP contribution in [0.1, 0.15) is 11.1 Å². The molecule has 0 aliphatic carbocycles. The first-order valence-corrected chi connectivity index (χ1v) is 7.73. The van der Waals surface area contributed by atoms with E-state index in [1.807, 2.05) is 12.1 Å². The van der Waals surface area contributed by atoms with Crippen LogP contribution in [0.3, 0.4) is 0 Å². The van der Waals surface area contributed by atoms with Crippen LogP contribution in [-0.4, -0.2) is 52.6 Å². The van der Waals surface area contributed by atoms with Gasteiger partial charge in [0.05, 0.1) is 6.21 Å². The predicted octanol–water partition coefficient (Wildman–Crippen LogP) is 2.06. The maximum atomic E-state index is 13.7. The van der Waals surface area contributed by atoms with Crippen LogP contribution in [0.4, 0.5) is 10.1 Å². The van der Waals surface area contributed by atoms with Crippen LogP contribution in [0.5, 0.6) is 5.75 Å². The summed E-state index contributed by atoms with van der Waals surface area (Å²) in [6, 6.07) is 6.42. The monoisotopic (exact) mass is 330 g/mol. The maximum absolute atomic E-state index is 13.7. The molecule has 1 aromatic heterocycles. The number of hydrogen-bond donors (Lipinski definition) is 2. The van der Waals surface area contributed by atoms with Crippen LogP contribution in [0.2, 0.25) is 0 Å². The molecule has 1 saturated heterocycles. The fourth-order valence-corrected chi connectivity index (χ4v) is 2.92. The van der Waals surface area contributed by atoms with Gasteiger partial charge < -0.3 is 15.2 Å². The first-order valence-electron chi connectivity index (χ1n) is 7.73. The van der Waals surface area contributed by atoms with E-state index >= 15 is 0 Å². The van der Waals surface area contributed by atoms with Gasteiger partial charge in [-0.2, -0.15) is 0 Å². The summed E-state index contributed by atoms with van der Waals surface area (Å²) in [5, 5.41) is 21.7. The average molecular weight is 330 g/mol. The number of piperazine rings is 1. The van der Waals surface area contributed by atoms with Gasteiger partial charge in [-0.25, -0.2) is 4.39 Å². The van der Waals surface area contributed by atoms with Crippen molar-refractivity contribution >= 4 is 11.9 Å². The second-order valence-electron chi connectivity index (χ2n) is 5.72. The molecule has 2 aromatic rings. The van der Waals surface area contributed by atoms with Crippen molar-refractivity contribution < 1.29 is 14.7 Å². The largest absolute Gasteiger partial charge is 0.507 e. The van der Waals surface area contributed by atoms with Crippen molar-refractivity contribution in [2.24, 2.45) is 5.16 Å². The number of anilines is 1. The molecule has 7 heteroatoms. The van der Waals surface area contributed by atoms with E-state index in [-0.39, 0.29) is 11.3 Å². The highest BCUT2D eigenvalue weighted by molar-refractivity contribution is 5.83. The number of hydrogen-bond acceptors (Lipinski definition) is 6. The Balaban J connectivity index is 1.66. The third-order valence-electron chi connectivity index (χ3n) is 4.17. The van der Waals surface area contributed by atoms with Gasteiger partial charge in [0.15, 0.2) is 0 Å². The summed E-state index contributed by atoms with van der Waals surface area (Å²) >= 11 is 0. The number of pyridine rings is 1. The molecule has 24 heavy (non-hydrogen) atoms. The van der Waals surface area contributed by atoms with E-state index in [1.54, 1.807) is 12.4 Å². The lowest BCUT2D eigenvalue weighted by atomic mass is 10.1. The molecule has 2 N–H and O–H groups in total. The highest BCUT2D eigenvalue weighted by atomic mass is 19.1. The van der Waals surface area contributed by atoms with E-state index in [2.05, 4.69) is 19.9 Å². The Morgan fingerprint density at radius 1 is 1.17 bits per heavy atom. The number of halogens is 1. The van der Waals surface area contributed by atoms with E-state index in [0.717, 1.165) is 44.1 Å². The number of oxime groups is 1. The van der Waals surface area contributed by atoms with Crippen molar-refractivity contribution in [2.45, 2.75) is 6.54 Å². The number of phenolic OH excluding ortho intramolecular Hbond substituents is 1. The Morgan fingerprint density at radius 3 is 2.54 bits per heavy atom. The molecule has 3 rings (SSSR count). The average Bonchev–Trinajstić information content (AvgIpc) is 2.60. The van der Waals surface area contributed by atoms with Gasteiger partial charge in [-0.05, 0) is 24.3 Å². The summed E-state index contributed by atoms with van der Waals surface area (Å²) < 4.78 is 13.7. The predicted molar refractivity (Wildman–Crippen MR) is 89.2 cm³/mol. The zero-order chi connectivity index (χ0) is 16.9. The van der Waals surface area contributed by atoms with Crippen LogP contribution in [0, 0.1) is 5.82 Å². The van der Waals surface area contributed by atoms with Gasteiger partial charge in [0, 0.05) is 61.9 Å². The van der Waals surface area contributed by atoms with E-state index in [9.17, 15) is 9.50 Å². The molecule has 2 heterocycles. The number of nitrogens with zero attached hydrogens (tertiary/aromatic N) is 4. The standard InChI is InChI=1S/C17H19FN4O2/c18-15-9-13(11-20-24)17(23)14(10-15)12-21-5-7-22(8-6-21)16-1-3-19-4-2-16/h1-4,9-11,23-24H,5-8,12H2/b20-11+. The molecule has 0 amide bonds. The van der Waals surface area contributed by atoms with Crippen LogP contribution < -0.4 is 4.90 Å². The zero-order valence-corrected chi connectivity index (χ0v) is 13.1. The van der Waals surface area contributed by atoms with Crippen molar-refractivity contribution in [3.05, 3.63) is 53.6 Å². The van der Waals surface area contributed by atoms with Gasteiger partial charge in [0.1, 0.15) is 11.6 Å². The minimum absolute atomic E-state index is 0.0502. The highest BCUT2D eigenvalue weighted by Gasteiger charge is 2.19. The molecule has 0 radical (unpaired) electrons. The third-order valence-corrected chi connectivity index (χ3v) is 4.17. The van der Waals surface area contributed by atoms with E-state index < -0.39 is 5.82 Å². The number of benzene rings is 1. The Bertz CT molecular complexity index is 716. The fourth-order valence-electron chi connectivity index (χ4n) is 2.92. The molecule has 0 atom stereocenters. The molecule has 1 aromatic carbocycles. The molecule has 1 aliphatic rings. The first kappa shape index (κ1) is 16.2. The molecule has 1 aliphatic heterocycles. The molecule has 1 fully saturated rings.